The van der Waals surface area contributed by atoms with Crippen LogP contribution in [0.15, 0.2) is 4.63 Å². The third-order valence-electron chi connectivity index (χ3n) is 11.0. The van der Waals surface area contributed by atoms with Crippen LogP contribution < -0.4 is 4.90 Å². The minimum absolute atomic E-state index is 0.246. The van der Waals surface area contributed by atoms with Crippen LogP contribution in [-0.4, -0.2) is 5.16 Å². The first-order chi connectivity index (χ1) is 14.7. The zero-order valence-corrected chi connectivity index (χ0v) is 20.5. The molecule has 8 atom stereocenters. The Hall–Kier alpha value is -1.06. The van der Waals surface area contributed by atoms with Gasteiger partial charge in [-0.2, -0.15) is 0 Å². The normalized spacial score (nSPS) is 42.6. The van der Waals surface area contributed by atoms with E-state index in [0.717, 1.165) is 59.7 Å². The van der Waals surface area contributed by atoms with Crippen molar-refractivity contribution in [2.45, 2.75) is 105 Å². The average Bonchev–Trinajstić information content (AvgIpc) is 3.25. The minimum atomic E-state index is 0.246. The van der Waals surface area contributed by atoms with Gasteiger partial charge in [0.15, 0.2) is 5.69 Å². The summed E-state index contributed by atoms with van der Waals surface area (Å²) >= 11 is 0. The first kappa shape index (κ1) is 21.8. The molecule has 174 valence electrons. The Bertz CT molecular complexity index is 803. The van der Waals surface area contributed by atoms with Gasteiger partial charge in [-0.1, -0.05) is 53.9 Å². The summed E-state index contributed by atoms with van der Waals surface area (Å²) in [5.74, 6) is 5.80. The van der Waals surface area contributed by atoms with Crippen molar-refractivity contribution in [3.63, 3.8) is 0 Å². The predicted molar refractivity (Wildman–Crippen MR) is 122 cm³/mol. The second-order valence-corrected chi connectivity index (χ2v) is 12.9. The van der Waals surface area contributed by atoms with E-state index in [1.807, 2.05) is 0 Å². The molecule has 1 aromatic rings. The molecule has 0 saturated heterocycles. The summed E-state index contributed by atoms with van der Waals surface area (Å²) in [6, 6.07) is 0. The van der Waals surface area contributed by atoms with Gasteiger partial charge in [0.1, 0.15) is 0 Å². The zero-order chi connectivity index (χ0) is 22.0. The number of nitrogens with zero attached hydrogens (tertiary/aromatic N) is 2. The molecule has 31 heavy (non-hydrogen) atoms. The van der Waals surface area contributed by atoms with Crippen molar-refractivity contribution in [1.29, 1.82) is 0 Å². The summed E-state index contributed by atoms with van der Waals surface area (Å²) in [6.07, 6.45) is 14.4. The van der Waals surface area contributed by atoms with E-state index in [1.165, 1.54) is 57.8 Å². The molecule has 3 fully saturated rings. The van der Waals surface area contributed by atoms with Gasteiger partial charge in [0.25, 0.3) is 0 Å². The zero-order valence-electron chi connectivity index (χ0n) is 20.5. The third kappa shape index (κ3) is 3.37. The lowest BCUT2D eigenvalue weighted by atomic mass is 9.44. The Kier molecular flexibility index (Phi) is 5.45. The maximum atomic E-state index is 12.2. The number of hydrogen-bond donors (Lipinski definition) is 0. The van der Waals surface area contributed by atoms with Gasteiger partial charge in [-0.15, -0.1) is 0 Å². The van der Waals surface area contributed by atoms with Crippen molar-refractivity contribution >= 4 is 0 Å². The topological polar surface area (TPSA) is 53.0 Å². The van der Waals surface area contributed by atoms with Gasteiger partial charge >= 0.3 is 0 Å². The highest BCUT2D eigenvalue weighted by Gasteiger charge is 2.61. The maximum Gasteiger partial charge on any atom is 0.221 e. The van der Waals surface area contributed by atoms with Crippen LogP contribution in [0.4, 0.5) is 0 Å². The molecule has 0 N–H and O–H groups in total. The first-order valence-electron chi connectivity index (χ1n) is 13.3. The van der Waals surface area contributed by atoms with Crippen LogP contribution in [0.2, 0.25) is 0 Å². The molecule has 0 radical (unpaired) electrons. The molecule has 4 aliphatic rings. The summed E-state index contributed by atoms with van der Waals surface area (Å²) in [5, 5.41) is 16.3. The Balaban J connectivity index is 1.34. The lowest BCUT2D eigenvalue weighted by molar-refractivity contribution is -0.808. The number of aromatic nitrogens is 2. The van der Waals surface area contributed by atoms with Crippen molar-refractivity contribution in [3.05, 3.63) is 16.6 Å². The molecule has 5 rings (SSSR count). The van der Waals surface area contributed by atoms with Gasteiger partial charge in [-0.05, 0) is 95.7 Å². The van der Waals surface area contributed by atoms with Crippen LogP contribution in [0.25, 0.3) is 0 Å². The summed E-state index contributed by atoms with van der Waals surface area (Å²) in [4.78, 5) is 0.706. The minimum Gasteiger partial charge on any atom is -0.359 e. The molecular formula is C27H44N2O2. The van der Waals surface area contributed by atoms with E-state index in [9.17, 15) is 5.21 Å². The van der Waals surface area contributed by atoms with Crippen LogP contribution in [0.1, 0.15) is 104 Å². The van der Waals surface area contributed by atoms with Crippen LogP contribution in [0, 0.1) is 57.5 Å². The monoisotopic (exact) mass is 428 g/mol. The summed E-state index contributed by atoms with van der Waals surface area (Å²) in [7, 11) is 0. The van der Waals surface area contributed by atoms with Gasteiger partial charge in [0.2, 0.25) is 5.69 Å². The van der Waals surface area contributed by atoms with Gasteiger partial charge in [0.05, 0.1) is 0 Å². The number of rotatable bonds is 5. The predicted octanol–water partition coefficient (Wildman–Crippen LogP) is 6.34. The van der Waals surface area contributed by atoms with E-state index in [1.54, 1.807) is 0 Å². The third-order valence-corrected chi connectivity index (χ3v) is 11.0. The SMILES string of the molecule is CC(C)CCC[C@@H](C)[C@@H]1CC[C@@H]2[C@@H]3CC[C@H]4Cc5no[n+]([O-])c5C[C@]4(C)[C@H]3CC[C@]21C. The molecule has 1 heterocycles. The van der Waals surface area contributed by atoms with Crippen molar-refractivity contribution in [2.24, 2.45) is 52.3 Å². The first-order valence-corrected chi connectivity index (χ1v) is 13.3. The van der Waals surface area contributed by atoms with E-state index in [2.05, 4.69) is 39.8 Å². The molecule has 0 aliphatic heterocycles. The highest BCUT2D eigenvalue weighted by Crippen LogP contribution is 2.67. The summed E-state index contributed by atoms with van der Waals surface area (Å²) < 4.78 is 4.99. The molecule has 0 amide bonds. The summed E-state index contributed by atoms with van der Waals surface area (Å²) in [5.41, 5.74) is 2.55. The van der Waals surface area contributed by atoms with Crippen molar-refractivity contribution in [3.8, 4) is 0 Å². The fraction of sp³-hybridized carbons (Fsp3) is 0.926. The lowest BCUT2D eigenvalue weighted by Crippen LogP contribution is -2.55. The lowest BCUT2D eigenvalue weighted by Gasteiger charge is -2.60. The van der Waals surface area contributed by atoms with Crippen molar-refractivity contribution < 1.29 is 9.53 Å². The van der Waals surface area contributed by atoms with E-state index >= 15 is 0 Å². The highest BCUT2D eigenvalue weighted by molar-refractivity contribution is 5.19. The summed E-state index contributed by atoms with van der Waals surface area (Å²) in [6.45, 7) is 12.5. The van der Waals surface area contributed by atoms with Gasteiger partial charge in [0, 0.05) is 18.0 Å². The Morgan fingerprint density at radius 1 is 1.03 bits per heavy atom. The molecule has 0 spiro atoms. The number of hydrogen-bond acceptors (Lipinski definition) is 3. The second kappa shape index (κ2) is 7.76. The van der Waals surface area contributed by atoms with Crippen LogP contribution in [0.5, 0.6) is 0 Å². The smallest absolute Gasteiger partial charge is 0.221 e. The Morgan fingerprint density at radius 2 is 1.81 bits per heavy atom. The molecule has 0 bridgehead atoms. The number of fused-ring (bicyclic) bond motifs is 6. The van der Waals surface area contributed by atoms with Gasteiger partial charge < -0.3 is 5.21 Å². The highest BCUT2D eigenvalue weighted by atomic mass is 16.8. The molecule has 1 aromatic heterocycles. The Morgan fingerprint density at radius 3 is 2.58 bits per heavy atom. The van der Waals surface area contributed by atoms with Crippen LogP contribution >= 0.6 is 0 Å². The van der Waals surface area contributed by atoms with Crippen LogP contribution in [0.3, 0.4) is 0 Å². The molecule has 4 aliphatic carbocycles. The fourth-order valence-corrected chi connectivity index (χ4v) is 9.38. The van der Waals surface area contributed by atoms with Crippen molar-refractivity contribution in [1.82, 2.24) is 5.16 Å². The molecule has 4 nitrogen and oxygen atoms in total. The molecular weight excluding hydrogens is 384 g/mol. The van der Waals surface area contributed by atoms with Crippen molar-refractivity contribution in [2.75, 3.05) is 0 Å². The largest absolute Gasteiger partial charge is 0.359 e. The second-order valence-electron chi connectivity index (χ2n) is 12.9. The maximum absolute atomic E-state index is 12.2. The van der Waals surface area contributed by atoms with E-state index in [-0.39, 0.29) is 5.41 Å². The van der Waals surface area contributed by atoms with E-state index in [0.29, 0.717) is 16.2 Å². The standard InChI is InChI=1S/C27H44N2O2/c1-17(2)7-6-8-18(3)21-11-12-22-20-10-9-19-15-24-25(29(30)31-28-24)16-27(19,5)23(20)13-14-26(21,22)4/h17-23H,6-16H2,1-5H3/t18-,19+,20+,21+,22-,23+,26+,27+/m1/s1. The van der Waals surface area contributed by atoms with Gasteiger partial charge in [-0.25, -0.2) is 0 Å². The fourth-order valence-electron chi connectivity index (χ4n) is 9.38. The van der Waals surface area contributed by atoms with Gasteiger partial charge in [-0.3, -0.25) is 4.63 Å². The van der Waals surface area contributed by atoms with E-state index in [4.69, 9.17) is 4.63 Å². The average molecular weight is 429 g/mol. The van der Waals surface area contributed by atoms with Crippen LogP contribution in [-0.2, 0) is 12.8 Å². The quantitative estimate of drug-likeness (QED) is 0.514. The molecule has 0 unspecified atom stereocenters. The molecule has 4 heteroatoms. The van der Waals surface area contributed by atoms with E-state index < -0.39 is 0 Å². The Labute approximate surface area is 189 Å². The molecule has 0 aromatic carbocycles. The molecule has 3 saturated carbocycles.